The van der Waals surface area contributed by atoms with Gasteiger partial charge in [-0.15, -0.1) is 22.7 Å². The van der Waals surface area contributed by atoms with E-state index in [0.717, 1.165) is 14.5 Å². The lowest BCUT2D eigenvalue weighted by atomic mass is 10.4. The van der Waals surface area contributed by atoms with Crippen molar-refractivity contribution in [1.29, 1.82) is 0 Å². The number of anilines is 1. The molecule has 7 heteroatoms. The zero-order chi connectivity index (χ0) is 13.1. The summed E-state index contributed by atoms with van der Waals surface area (Å²) in [5.41, 5.74) is 0.828. The summed E-state index contributed by atoms with van der Waals surface area (Å²) in [6.45, 7) is 1.52. The highest BCUT2D eigenvalue weighted by Crippen LogP contribution is 2.23. The number of rotatable bonds is 3. The second kappa shape index (κ2) is 5.73. The van der Waals surface area contributed by atoms with Crippen LogP contribution in [0.25, 0.3) is 12.2 Å². The van der Waals surface area contributed by atoms with Crippen LogP contribution in [-0.2, 0) is 4.79 Å². The fourth-order valence-electron chi connectivity index (χ4n) is 1.14. The molecular weight excluding hydrogens is 334 g/mol. The first-order chi connectivity index (χ1) is 8.56. The molecule has 2 heterocycles. The molecule has 0 saturated carbocycles. The zero-order valence-electron chi connectivity index (χ0n) is 9.75. The van der Waals surface area contributed by atoms with Crippen molar-refractivity contribution in [3.05, 3.63) is 26.1 Å². The van der Waals surface area contributed by atoms with E-state index in [-0.39, 0.29) is 5.91 Å². The van der Waals surface area contributed by atoms with Crippen molar-refractivity contribution < 1.29 is 4.79 Å². The maximum atomic E-state index is 11.2. The molecule has 2 aromatic rings. The van der Waals surface area contributed by atoms with E-state index < -0.39 is 0 Å². The van der Waals surface area contributed by atoms with Crippen LogP contribution in [-0.4, -0.2) is 22.9 Å². The summed E-state index contributed by atoms with van der Waals surface area (Å²) in [6.07, 6.45) is 5.56. The Bertz CT molecular complexity index is 591. The quantitative estimate of drug-likeness (QED) is 0.856. The van der Waals surface area contributed by atoms with Gasteiger partial charge in [0.15, 0.2) is 5.13 Å². The molecule has 0 N–H and O–H groups in total. The molecule has 0 spiro atoms. The molecule has 0 atom stereocenters. The average Bonchev–Trinajstić information content (AvgIpc) is 2.94. The van der Waals surface area contributed by atoms with Crippen LogP contribution >= 0.6 is 38.6 Å². The van der Waals surface area contributed by atoms with Crippen molar-refractivity contribution in [3.8, 4) is 0 Å². The second-order valence-electron chi connectivity index (χ2n) is 3.47. The fraction of sp³-hybridized carbons (Fsp3) is 0.182. The molecule has 0 aliphatic rings. The SMILES string of the molecule is CC(=O)N(C)c1nc(/C=C/c2ncc(Br)s2)cs1. The van der Waals surface area contributed by atoms with Crippen LogP contribution in [0.2, 0.25) is 0 Å². The zero-order valence-corrected chi connectivity index (χ0v) is 13.0. The molecule has 0 aliphatic heterocycles. The van der Waals surface area contributed by atoms with Crippen molar-refractivity contribution in [1.82, 2.24) is 9.97 Å². The Labute approximate surface area is 121 Å². The highest BCUT2D eigenvalue weighted by Gasteiger charge is 2.09. The minimum Gasteiger partial charge on any atom is -0.291 e. The number of carbonyl (C=O) groups excluding carboxylic acids is 1. The average molecular weight is 344 g/mol. The molecule has 2 aromatic heterocycles. The molecular formula is C11H10BrN3OS2. The molecule has 1 amide bonds. The third kappa shape index (κ3) is 3.24. The van der Waals surface area contributed by atoms with E-state index in [1.54, 1.807) is 24.6 Å². The Morgan fingerprint density at radius 3 is 2.89 bits per heavy atom. The lowest BCUT2D eigenvalue weighted by Crippen LogP contribution is -2.22. The van der Waals surface area contributed by atoms with Crippen molar-refractivity contribution >= 4 is 61.8 Å². The van der Waals surface area contributed by atoms with Gasteiger partial charge in [-0.1, -0.05) is 0 Å². The Hall–Kier alpha value is -1.05. The van der Waals surface area contributed by atoms with Crippen LogP contribution in [0.5, 0.6) is 0 Å². The third-order valence-corrected chi connectivity index (χ3v) is 4.54. The lowest BCUT2D eigenvalue weighted by Gasteiger charge is -2.09. The van der Waals surface area contributed by atoms with Gasteiger partial charge in [-0.25, -0.2) is 9.97 Å². The van der Waals surface area contributed by atoms with Crippen molar-refractivity contribution in [3.63, 3.8) is 0 Å². The van der Waals surface area contributed by atoms with Gasteiger partial charge in [0.25, 0.3) is 0 Å². The number of amides is 1. The summed E-state index contributed by atoms with van der Waals surface area (Å²) < 4.78 is 0.998. The summed E-state index contributed by atoms with van der Waals surface area (Å²) in [7, 11) is 1.71. The first-order valence-electron chi connectivity index (χ1n) is 5.05. The van der Waals surface area contributed by atoms with Crippen LogP contribution in [0.15, 0.2) is 15.4 Å². The first-order valence-corrected chi connectivity index (χ1v) is 7.54. The topological polar surface area (TPSA) is 46.1 Å². The van der Waals surface area contributed by atoms with Gasteiger partial charge in [-0.05, 0) is 28.1 Å². The molecule has 0 fully saturated rings. The van der Waals surface area contributed by atoms with Gasteiger partial charge in [0.1, 0.15) is 5.01 Å². The molecule has 0 aromatic carbocycles. The summed E-state index contributed by atoms with van der Waals surface area (Å²) in [5, 5.41) is 3.52. The molecule has 4 nitrogen and oxygen atoms in total. The van der Waals surface area contributed by atoms with Gasteiger partial charge in [0, 0.05) is 19.4 Å². The first kappa shape index (κ1) is 13.4. The number of thiazole rings is 2. The third-order valence-electron chi connectivity index (χ3n) is 2.16. The van der Waals surface area contributed by atoms with E-state index >= 15 is 0 Å². The maximum Gasteiger partial charge on any atom is 0.225 e. The normalized spacial score (nSPS) is 11.1. The van der Waals surface area contributed by atoms with E-state index in [9.17, 15) is 4.79 Å². The highest BCUT2D eigenvalue weighted by molar-refractivity contribution is 9.11. The van der Waals surface area contributed by atoms with Crippen molar-refractivity contribution in [2.24, 2.45) is 0 Å². The molecule has 2 rings (SSSR count). The van der Waals surface area contributed by atoms with Crippen LogP contribution < -0.4 is 4.90 Å². The fourth-order valence-corrected chi connectivity index (χ4v) is 3.09. The number of hydrogen-bond donors (Lipinski definition) is 0. The second-order valence-corrected chi connectivity index (χ2v) is 6.75. The molecule has 18 heavy (non-hydrogen) atoms. The molecule has 0 aliphatic carbocycles. The standard InChI is InChI=1S/C11H10BrN3OS2/c1-7(16)15(2)11-14-8(6-17-11)3-4-10-13-5-9(12)18-10/h3-6H,1-2H3/b4-3+. The minimum absolute atomic E-state index is 0.0243. The highest BCUT2D eigenvalue weighted by atomic mass is 79.9. The predicted molar refractivity (Wildman–Crippen MR) is 79.9 cm³/mol. The van der Waals surface area contributed by atoms with Crippen molar-refractivity contribution in [2.45, 2.75) is 6.92 Å². The van der Waals surface area contributed by atoms with Gasteiger partial charge in [0.2, 0.25) is 5.91 Å². The number of halogens is 1. The smallest absolute Gasteiger partial charge is 0.225 e. The molecule has 0 bridgehead atoms. The number of aromatic nitrogens is 2. The maximum absolute atomic E-state index is 11.2. The summed E-state index contributed by atoms with van der Waals surface area (Å²) >= 11 is 6.36. The summed E-state index contributed by atoms with van der Waals surface area (Å²) in [5.74, 6) is -0.0243. The van der Waals surface area contributed by atoms with Gasteiger partial charge >= 0.3 is 0 Å². The van der Waals surface area contributed by atoms with E-state index in [0.29, 0.717) is 5.13 Å². The Kier molecular flexibility index (Phi) is 4.26. The largest absolute Gasteiger partial charge is 0.291 e. The van der Waals surface area contributed by atoms with Crippen LogP contribution in [0.1, 0.15) is 17.6 Å². The van der Waals surface area contributed by atoms with Gasteiger partial charge in [-0.2, -0.15) is 0 Å². The van der Waals surface area contributed by atoms with E-state index in [2.05, 4.69) is 25.9 Å². The summed E-state index contributed by atoms with van der Waals surface area (Å²) in [4.78, 5) is 21.3. The Balaban J connectivity index is 2.11. The van der Waals surface area contributed by atoms with E-state index in [4.69, 9.17) is 0 Å². The van der Waals surface area contributed by atoms with Gasteiger partial charge < -0.3 is 0 Å². The molecule has 0 radical (unpaired) electrons. The van der Waals surface area contributed by atoms with Gasteiger partial charge in [-0.3, -0.25) is 9.69 Å². The minimum atomic E-state index is -0.0243. The number of hydrogen-bond acceptors (Lipinski definition) is 5. The Morgan fingerprint density at radius 1 is 1.50 bits per heavy atom. The van der Waals surface area contributed by atoms with Crippen LogP contribution in [0, 0.1) is 0 Å². The monoisotopic (exact) mass is 343 g/mol. The van der Waals surface area contributed by atoms with Crippen LogP contribution in [0.3, 0.4) is 0 Å². The van der Waals surface area contributed by atoms with Crippen LogP contribution in [0.4, 0.5) is 5.13 Å². The lowest BCUT2D eigenvalue weighted by molar-refractivity contribution is -0.116. The van der Waals surface area contributed by atoms with E-state index in [1.165, 1.54) is 23.2 Å². The van der Waals surface area contributed by atoms with Crippen molar-refractivity contribution in [2.75, 3.05) is 11.9 Å². The molecule has 94 valence electrons. The number of carbonyl (C=O) groups is 1. The molecule has 0 saturated heterocycles. The Morgan fingerprint density at radius 2 is 2.28 bits per heavy atom. The van der Waals surface area contributed by atoms with Gasteiger partial charge in [0.05, 0.1) is 15.7 Å². The number of nitrogens with zero attached hydrogens (tertiary/aromatic N) is 3. The predicted octanol–water partition coefficient (Wildman–Crippen LogP) is 3.52. The van der Waals surface area contributed by atoms with E-state index in [1.807, 2.05) is 17.5 Å². The summed E-state index contributed by atoms with van der Waals surface area (Å²) in [6, 6.07) is 0. The molecule has 0 unspecified atom stereocenters.